The normalized spacial score (nSPS) is 10.8. The monoisotopic (exact) mass is 256 g/mol. The van der Waals surface area contributed by atoms with Gasteiger partial charge in [0.15, 0.2) is 5.58 Å². The molecule has 0 aliphatic rings. The van der Waals surface area contributed by atoms with Crippen LogP contribution in [0, 0.1) is 0 Å². The molecule has 0 aliphatic carbocycles. The van der Waals surface area contributed by atoms with Crippen molar-refractivity contribution in [2.75, 3.05) is 12.8 Å². The zero-order chi connectivity index (χ0) is 13.4. The summed E-state index contributed by atoms with van der Waals surface area (Å²) in [5.74, 6) is 1.10. The maximum absolute atomic E-state index is 9.83. The summed E-state index contributed by atoms with van der Waals surface area (Å²) in [7, 11) is 1.59. The molecular weight excluding hydrogens is 244 g/mol. The minimum atomic E-state index is 0.0766. The molecule has 0 saturated heterocycles. The lowest BCUT2D eigenvalue weighted by atomic mass is 10.2. The third-order valence-corrected chi connectivity index (χ3v) is 2.85. The van der Waals surface area contributed by atoms with Crippen LogP contribution < -0.4 is 10.5 Å². The molecule has 2 aromatic carbocycles. The van der Waals surface area contributed by atoms with Crippen molar-refractivity contribution in [1.29, 1.82) is 0 Å². The van der Waals surface area contributed by atoms with Gasteiger partial charge < -0.3 is 20.0 Å². The Morgan fingerprint density at radius 3 is 2.84 bits per heavy atom. The lowest BCUT2D eigenvalue weighted by Gasteiger charge is -2.00. The number of nitrogens with two attached hydrogens (primary N) is 1. The lowest BCUT2D eigenvalue weighted by Crippen LogP contribution is -1.86. The second-order valence-corrected chi connectivity index (χ2v) is 4.13. The van der Waals surface area contributed by atoms with E-state index in [4.69, 9.17) is 14.9 Å². The number of anilines is 1. The number of phenols is 1. The molecule has 0 aliphatic heterocycles. The zero-order valence-corrected chi connectivity index (χ0v) is 10.3. The fraction of sp³-hybridized carbons (Fsp3) is 0.0714. The summed E-state index contributed by atoms with van der Waals surface area (Å²) in [6.45, 7) is 0. The van der Waals surface area contributed by atoms with Crippen LogP contribution in [-0.2, 0) is 0 Å². The number of oxazole rings is 1. The van der Waals surface area contributed by atoms with Crippen molar-refractivity contribution in [3.63, 3.8) is 0 Å². The number of ether oxygens (including phenoxy) is 1. The highest BCUT2D eigenvalue weighted by molar-refractivity contribution is 5.79. The first-order valence-corrected chi connectivity index (χ1v) is 5.71. The molecular formula is C14H12N2O3. The van der Waals surface area contributed by atoms with Gasteiger partial charge in [-0.3, -0.25) is 0 Å². The Hall–Kier alpha value is -2.69. The average Bonchev–Trinajstić information content (AvgIpc) is 2.83. The number of phenolic OH excluding ortho intramolecular Hbond substituents is 1. The number of hydrogen-bond acceptors (Lipinski definition) is 5. The number of benzene rings is 2. The number of hydrogen-bond donors (Lipinski definition) is 2. The Kier molecular flexibility index (Phi) is 2.52. The largest absolute Gasteiger partial charge is 0.507 e. The van der Waals surface area contributed by atoms with Gasteiger partial charge in [-0.15, -0.1) is 0 Å². The SMILES string of the molecule is COc1ccc2oc(-c3cc(N)ccc3O)nc2c1. The van der Waals surface area contributed by atoms with E-state index in [2.05, 4.69) is 4.98 Å². The van der Waals surface area contributed by atoms with Gasteiger partial charge in [-0.1, -0.05) is 0 Å². The average molecular weight is 256 g/mol. The van der Waals surface area contributed by atoms with Gasteiger partial charge >= 0.3 is 0 Å². The van der Waals surface area contributed by atoms with Gasteiger partial charge in [-0.05, 0) is 30.3 Å². The third-order valence-electron chi connectivity index (χ3n) is 2.85. The van der Waals surface area contributed by atoms with Gasteiger partial charge in [0.1, 0.15) is 17.0 Å². The minimum absolute atomic E-state index is 0.0766. The van der Waals surface area contributed by atoms with Crippen LogP contribution in [0.15, 0.2) is 40.8 Å². The van der Waals surface area contributed by atoms with E-state index in [1.165, 1.54) is 6.07 Å². The summed E-state index contributed by atoms with van der Waals surface area (Å²) in [4.78, 5) is 4.33. The Morgan fingerprint density at radius 1 is 1.21 bits per heavy atom. The maximum atomic E-state index is 9.83. The highest BCUT2D eigenvalue weighted by Crippen LogP contribution is 2.33. The van der Waals surface area contributed by atoms with Gasteiger partial charge in [0.25, 0.3) is 0 Å². The molecule has 0 radical (unpaired) electrons. The highest BCUT2D eigenvalue weighted by Gasteiger charge is 2.13. The van der Waals surface area contributed by atoms with Crippen molar-refractivity contribution in [1.82, 2.24) is 4.98 Å². The molecule has 1 heterocycles. The van der Waals surface area contributed by atoms with E-state index in [-0.39, 0.29) is 5.75 Å². The van der Waals surface area contributed by atoms with Gasteiger partial charge in [-0.25, -0.2) is 4.98 Å². The van der Waals surface area contributed by atoms with Crippen LogP contribution in [0.1, 0.15) is 0 Å². The molecule has 96 valence electrons. The molecule has 0 amide bonds. The first kappa shape index (κ1) is 11.4. The number of aromatic nitrogens is 1. The number of rotatable bonds is 2. The standard InChI is InChI=1S/C14H12N2O3/c1-18-9-3-5-13-11(7-9)16-14(19-13)10-6-8(15)2-4-12(10)17/h2-7,17H,15H2,1H3. The highest BCUT2D eigenvalue weighted by atomic mass is 16.5. The summed E-state index contributed by atoms with van der Waals surface area (Å²) in [6, 6.07) is 10.1. The summed E-state index contributed by atoms with van der Waals surface area (Å²) in [5, 5.41) is 9.83. The van der Waals surface area contributed by atoms with Crippen molar-refractivity contribution in [2.45, 2.75) is 0 Å². The summed E-state index contributed by atoms with van der Waals surface area (Å²) in [5.41, 5.74) is 7.99. The predicted octanol–water partition coefficient (Wildman–Crippen LogP) is 2.79. The van der Waals surface area contributed by atoms with Crippen LogP contribution in [0.4, 0.5) is 5.69 Å². The first-order chi connectivity index (χ1) is 9.17. The molecule has 0 saturated carbocycles. The topological polar surface area (TPSA) is 81.5 Å². The van der Waals surface area contributed by atoms with Crippen LogP contribution >= 0.6 is 0 Å². The van der Waals surface area contributed by atoms with Crippen LogP contribution in [0.3, 0.4) is 0 Å². The van der Waals surface area contributed by atoms with E-state index >= 15 is 0 Å². The number of methoxy groups -OCH3 is 1. The number of aromatic hydroxyl groups is 1. The molecule has 0 fully saturated rings. The number of nitrogen functional groups attached to an aromatic ring is 1. The third kappa shape index (κ3) is 1.95. The maximum Gasteiger partial charge on any atom is 0.231 e. The van der Waals surface area contributed by atoms with Crippen molar-refractivity contribution >= 4 is 16.8 Å². The summed E-state index contributed by atoms with van der Waals surface area (Å²) >= 11 is 0. The van der Waals surface area contributed by atoms with Gasteiger partial charge in [0.05, 0.1) is 12.7 Å². The molecule has 5 heteroatoms. The van der Waals surface area contributed by atoms with E-state index in [1.807, 2.05) is 0 Å². The van der Waals surface area contributed by atoms with Gasteiger partial charge in [-0.2, -0.15) is 0 Å². The molecule has 3 aromatic rings. The zero-order valence-electron chi connectivity index (χ0n) is 10.3. The summed E-state index contributed by atoms with van der Waals surface area (Å²) in [6.07, 6.45) is 0. The second-order valence-electron chi connectivity index (χ2n) is 4.13. The van der Waals surface area contributed by atoms with Crippen molar-refractivity contribution in [3.8, 4) is 23.0 Å². The molecule has 3 rings (SSSR count). The van der Waals surface area contributed by atoms with Crippen molar-refractivity contribution in [2.24, 2.45) is 0 Å². The Morgan fingerprint density at radius 2 is 2.05 bits per heavy atom. The fourth-order valence-corrected chi connectivity index (χ4v) is 1.87. The predicted molar refractivity (Wildman–Crippen MR) is 72.1 cm³/mol. The fourth-order valence-electron chi connectivity index (χ4n) is 1.87. The lowest BCUT2D eigenvalue weighted by molar-refractivity contribution is 0.415. The van der Waals surface area contributed by atoms with Crippen molar-refractivity contribution < 1.29 is 14.3 Å². The van der Waals surface area contributed by atoms with Crippen LogP contribution in [0.2, 0.25) is 0 Å². The van der Waals surface area contributed by atoms with E-state index in [9.17, 15) is 5.11 Å². The quantitative estimate of drug-likeness (QED) is 0.544. The summed E-state index contributed by atoms with van der Waals surface area (Å²) < 4.78 is 10.7. The van der Waals surface area contributed by atoms with Crippen LogP contribution in [0.5, 0.6) is 11.5 Å². The Labute approximate surface area is 109 Å². The molecule has 5 nitrogen and oxygen atoms in total. The minimum Gasteiger partial charge on any atom is -0.507 e. The molecule has 0 bridgehead atoms. The smallest absolute Gasteiger partial charge is 0.231 e. The molecule has 19 heavy (non-hydrogen) atoms. The van der Waals surface area contributed by atoms with Crippen LogP contribution in [-0.4, -0.2) is 17.2 Å². The molecule has 0 unspecified atom stereocenters. The molecule has 1 aromatic heterocycles. The van der Waals surface area contributed by atoms with E-state index < -0.39 is 0 Å². The molecule has 0 atom stereocenters. The van der Waals surface area contributed by atoms with Gasteiger partial charge in [0, 0.05) is 11.8 Å². The van der Waals surface area contributed by atoms with Crippen LogP contribution in [0.25, 0.3) is 22.6 Å². The second kappa shape index (κ2) is 4.20. The molecule has 3 N–H and O–H groups in total. The van der Waals surface area contributed by atoms with Crippen molar-refractivity contribution in [3.05, 3.63) is 36.4 Å². The molecule has 0 spiro atoms. The number of nitrogens with zero attached hydrogens (tertiary/aromatic N) is 1. The van der Waals surface area contributed by atoms with Gasteiger partial charge in [0.2, 0.25) is 5.89 Å². The Bertz CT molecular complexity index is 750. The van der Waals surface area contributed by atoms with E-state index in [0.29, 0.717) is 34.0 Å². The van der Waals surface area contributed by atoms with E-state index in [0.717, 1.165) is 0 Å². The van der Waals surface area contributed by atoms with E-state index in [1.54, 1.807) is 37.4 Å². The number of fused-ring (bicyclic) bond motifs is 1. The first-order valence-electron chi connectivity index (χ1n) is 5.71. The Balaban J connectivity index is 2.17.